The van der Waals surface area contributed by atoms with E-state index in [2.05, 4.69) is 5.32 Å². The zero-order valence-electron chi connectivity index (χ0n) is 17.4. The molecular formula is C21H25N3O5S. The minimum Gasteiger partial charge on any atom is -0.322 e. The summed E-state index contributed by atoms with van der Waals surface area (Å²) in [5.41, 5.74) is 2.53. The van der Waals surface area contributed by atoms with Crippen molar-refractivity contribution in [2.24, 2.45) is 0 Å². The van der Waals surface area contributed by atoms with E-state index in [9.17, 15) is 23.3 Å². The molecule has 0 aliphatic heterocycles. The molecule has 0 saturated heterocycles. The van der Waals surface area contributed by atoms with Crippen LogP contribution in [-0.4, -0.2) is 36.6 Å². The Kier molecular flexibility index (Phi) is 7.47. The fourth-order valence-electron chi connectivity index (χ4n) is 2.87. The highest BCUT2D eigenvalue weighted by Crippen LogP contribution is 2.26. The SMILES string of the molecule is CCN(CC)S(=O)(=O)c1cc(C)c(C)c(NC(=O)/C=C/c2ccc([N+](=O)[O-])cc2)c1. The first-order valence-electron chi connectivity index (χ1n) is 9.45. The van der Waals surface area contributed by atoms with Crippen LogP contribution in [0.2, 0.25) is 0 Å². The molecule has 0 heterocycles. The van der Waals surface area contributed by atoms with E-state index >= 15 is 0 Å². The summed E-state index contributed by atoms with van der Waals surface area (Å²) in [4.78, 5) is 22.7. The average molecular weight is 432 g/mol. The van der Waals surface area contributed by atoms with Gasteiger partial charge in [-0.3, -0.25) is 14.9 Å². The molecular weight excluding hydrogens is 406 g/mol. The summed E-state index contributed by atoms with van der Waals surface area (Å²) in [7, 11) is -3.66. The molecule has 1 N–H and O–H groups in total. The molecule has 1 amide bonds. The molecule has 2 rings (SSSR count). The van der Waals surface area contributed by atoms with Crippen LogP contribution in [0.25, 0.3) is 6.08 Å². The third-order valence-electron chi connectivity index (χ3n) is 4.77. The lowest BCUT2D eigenvalue weighted by Crippen LogP contribution is -2.30. The van der Waals surface area contributed by atoms with Gasteiger partial charge in [-0.1, -0.05) is 13.8 Å². The highest BCUT2D eigenvalue weighted by molar-refractivity contribution is 7.89. The summed E-state index contributed by atoms with van der Waals surface area (Å²) in [5, 5.41) is 13.4. The van der Waals surface area contributed by atoms with Crippen LogP contribution >= 0.6 is 0 Å². The average Bonchev–Trinajstić information content (AvgIpc) is 2.70. The van der Waals surface area contributed by atoms with Gasteiger partial charge in [-0.2, -0.15) is 4.31 Å². The summed E-state index contributed by atoms with van der Waals surface area (Å²) in [5.74, 6) is -0.437. The lowest BCUT2D eigenvalue weighted by molar-refractivity contribution is -0.384. The predicted molar refractivity (Wildman–Crippen MR) is 117 cm³/mol. The zero-order chi connectivity index (χ0) is 22.5. The molecule has 0 atom stereocenters. The van der Waals surface area contributed by atoms with Crippen LogP contribution in [0.1, 0.15) is 30.5 Å². The Hall–Kier alpha value is -3.04. The number of nitro benzene ring substituents is 1. The highest BCUT2D eigenvalue weighted by atomic mass is 32.2. The number of aryl methyl sites for hydroxylation is 1. The first kappa shape index (κ1) is 23.2. The predicted octanol–water partition coefficient (Wildman–Crippen LogP) is 3.89. The second-order valence-electron chi connectivity index (χ2n) is 6.67. The first-order valence-corrected chi connectivity index (χ1v) is 10.9. The van der Waals surface area contributed by atoms with E-state index < -0.39 is 20.9 Å². The number of carbonyl (C=O) groups is 1. The number of benzene rings is 2. The summed E-state index contributed by atoms with van der Waals surface area (Å²) < 4.78 is 27.0. The minimum atomic E-state index is -3.66. The monoisotopic (exact) mass is 431 g/mol. The molecule has 9 heteroatoms. The van der Waals surface area contributed by atoms with E-state index in [0.717, 1.165) is 11.1 Å². The maximum absolute atomic E-state index is 12.8. The first-order chi connectivity index (χ1) is 14.1. The summed E-state index contributed by atoms with van der Waals surface area (Å²) in [6, 6.07) is 8.85. The van der Waals surface area contributed by atoms with Gasteiger partial charge in [0, 0.05) is 37.0 Å². The van der Waals surface area contributed by atoms with Gasteiger partial charge in [-0.15, -0.1) is 0 Å². The van der Waals surface area contributed by atoms with Crippen molar-refractivity contribution >= 4 is 33.4 Å². The fourth-order valence-corrected chi connectivity index (χ4v) is 4.44. The number of rotatable bonds is 8. The summed E-state index contributed by atoms with van der Waals surface area (Å²) >= 11 is 0. The lowest BCUT2D eigenvalue weighted by Gasteiger charge is -2.20. The van der Waals surface area contributed by atoms with Crippen LogP contribution in [-0.2, 0) is 14.8 Å². The molecule has 0 bridgehead atoms. The Morgan fingerprint density at radius 2 is 1.73 bits per heavy atom. The molecule has 30 heavy (non-hydrogen) atoms. The largest absolute Gasteiger partial charge is 0.322 e. The van der Waals surface area contributed by atoms with Gasteiger partial charge in [0.25, 0.3) is 5.69 Å². The van der Waals surface area contributed by atoms with Crippen LogP contribution in [0.3, 0.4) is 0 Å². The van der Waals surface area contributed by atoms with E-state index in [1.807, 2.05) is 0 Å². The lowest BCUT2D eigenvalue weighted by atomic mass is 10.1. The van der Waals surface area contributed by atoms with Crippen molar-refractivity contribution in [3.63, 3.8) is 0 Å². The van der Waals surface area contributed by atoms with Gasteiger partial charge in [-0.05, 0) is 60.9 Å². The van der Waals surface area contributed by atoms with Crippen molar-refractivity contribution in [3.05, 3.63) is 69.3 Å². The van der Waals surface area contributed by atoms with Crippen molar-refractivity contribution in [1.29, 1.82) is 0 Å². The zero-order valence-corrected chi connectivity index (χ0v) is 18.2. The van der Waals surface area contributed by atoms with Crippen LogP contribution in [0, 0.1) is 24.0 Å². The Morgan fingerprint density at radius 1 is 1.13 bits per heavy atom. The second-order valence-corrected chi connectivity index (χ2v) is 8.61. The van der Waals surface area contributed by atoms with E-state index in [-0.39, 0.29) is 10.6 Å². The van der Waals surface area contributed by atoms with Gasteiger partial charge in [0.2, 0.25) is 15.9 Å². The molecule has 0 saturated carbocycles. The van der Waals surface area contributed by atoms with Crippen molar-refractivity contribution in [1.82, 2.24) is 4.31 Å². The van der Waals surface area contributed by atoms with E-state index in [0.29, 0.717) is 24.3 Å². The maximum atomic E-state index is 12.8. The Morgan fingerprint density at radius 3 is 2.27 bits per heavy atom. The number of amides is 1. The molecule has 0 aromatic heterocycles. The molecule has 0 radical (unpaired) electrons. The van der Waals surface area contributed by atoms with Crippen molar-refractivity contribution in [2.75, 3.05) is 18.4 Å². The maximum Gasteiger partial charge on any atom is 0.269 e. The third-order valence-corrected chi connectivity index (χ3v) is 6.80. The second kappa shape index (κ2) is 9.64. The van der Waals surface area contributed by atoms with Gasteiger partial charge < -0.3 is 5.32 Å². The third kappa shape index (κ3) is 5.31. The number of carbonyl (C=O) groups excluding carboxylic acids is 1. The number of nitrogens with zero attached hydrogens (tertiary/aromatic N) is 2. The van der Waals surface area contributed by atoms with Crippen molar-refractivity contribution < 1.29 is 18.1 Å². The number of anilines is 1. The van der Waals surface area contributed by atoms with Gasteiger partial charge in [0.05, 0.1) is 9.82 Å². The van der Waals surface area contributed by atoms with Crippen LogP contribution < -0.4 is 5.32 Å². The number of non-ortho nitro benzene ring substituents is 1. The van der Waals surface area contributed by atoms with E-state index in [1.165, 1.54) is 46.8 Å². The molecule has 160 valence electrons. The number of sulfonamides is 1. The molecule has 2 aromatic carbocycles. The van der Waals surface area contributed by atoms with Crippen molar-refractivity contribution in [2.45, 2.75) is 32.6 Å². The van der Waals surface area contributed by atoms with Gasteiger partial charge >= 0.3 is 0 Å². The van der Waals surface area contributed by atoms with Gasteiger partial charge in [0.1, 0.15) is 0 Å². The molecule has 2 aromatic rings. The fraction of sp³-hybridized carbons (Fsp3) is 0.286. The minimum absolute atomic E-state index is 0.0334. The Labute approximate surface area is 176 Å². The van der Waals surface area contributed by atoms with Crippen LogP contribution in [0.4, 0.5) is 11.4 Å². The molecule has 8 nitrogen and oxygen atoms in total. The van der Waals surface area contributed by atoms with Gasteiger partial charge in [0.15, 0.2) is 0 Å². The number of nitrogens with one attached hydrogen (secondary N) is 1. The number of hydrogen-bond donors (Lipinski definition) is 1. The normalized spacial score (nSPS) is 11.8. The van der Waals surface area contributed by atoms with Gasteiger partial charge in [-0.25, -0.2) is 8.42 Å². The van der Waals surface area contributed by atoms with E-state index in [4.69, 9.17) is 0 Å². The standard InChI is InChI=1S/C21H25N3O5S/c1-5-23(6-2)30(28,29)19-13-15(3)16(4)20(14-19)22-21(25)12-9-17-7-10-18(11-8-17)24(26)27/h7-14H,5-6H2,1-4H3,(H,22,25)/b12-9+. The number of hydrogen-bond acceptors (Lipinski definition) is 5. The molecule has 0 aliphatic rings. The van der Waals surface area contributed by atoms with Crippen LogP contribution in [0.15, 0.2) is 47.4 Å². The molecule has 0 fully saturated rings. The van der Waals surface area contributed by atoms with Crippen molar-refractivity contribution in [3.8, 4) is 0 Å². The highest BCUT2D eigenvalue weighted by Gasteiger charge is 2.23. The molecule has 0 unspecified atom stereocenters. The number of nitro groups is 1. The Bertz CT molecular complexity index is 1070. The summed E-state index contributed by atoms with van der Waals surface area (Å²) in [6.45, 7) is 7.84. The molecule has 0 aliphatic carbocycles. The Balaban J connectivity index is 2.26. The topological polar surface area (TPSA) is 110 Å². The smallest absolute Gasteiger partial charge is 0.269 e. The summed E-state index contributed by atoms with van der Waals surface area (Å²) in [6.07, 6.45) is 2.82. The van der Waals surface area contributed by atoms with Crippen LogP contribution in [0.5, 0.6) is 0 Å². The van der Waals surface area contributed by atoms with E-state index in [1.54, 1.807) is 33.8 Å². The quantitative estimate of drug-likeness (QED) is 0.387. The molecule has 0 spiro atoms.